The molecule has 0 saturated carbocycles. The molecule has 2 rings (SSSR count). The lowest BCUT2D eigenvalue weighted by Gasteiger charge is -2.29. The Morgan fingerprint density at radius 1 is 1.19 bits per heavy atom. The van der Waals surface area contributed by atoms with Crippen LogP contribution < -0.4 is 0 Å². The van der Waals surface area contributed by atoms with Crippen molar-refractivity contribution in [3.63, 3.8) is 0 Å². The van der Waals surface area contributed by atoms with Crippen molar-refractivity contribution in [3.05, 3.63) is 35.9 Å². The molecule has 1 N–H and O–H groups in total. The molecule has 1 aromatic rings. The summed E-state index contributed by atoms with van der Waals surface area (Å²) in [5.41, 5.74) is 1.16. The molecule has 1 aromatic carbocycles. The summed E-state index contributed by atoms with van der Waals surface area (Å²) in [7, 11) is 0. The molecule has 0 aromatic heterocycles. The van der Waals surface area contributed by atoms with E-state index in [0.717, 1.165) is 5.56 Å². The van der Waals surface area contributed by atoms with Crippen LogP contribution in [0.25, 0.3) is 0 Å². The molecule has 1 heterocycles. The van der Waals surface area contributed by atoms with Crippen molar-refractivity contribution >= 4 is 0 Å². The highest BCUT2D eigenvalue weighted by atomic mass is 16.5. The second kappa shape index (κ2) is 4.19. The summed E-state index contributed by atoms with van der Waals surface area (Å²) in [6.45, 7) is 7.09. The first kappa shape index (κ1) is 11.6. The smallest absolute Gasteiger partial charge is 0.109 e. The maximum Gasteiger partial charge on any atom is 0.109 e. The summed E-state index contributed by atoms with van der Waals surface area (Å²) in [4.78, 5) is 0. The number of rotatable bonds is 1. The van der Waals surface area contributed by atoms with E-state index < -0.39 is 6.10 Å². The highest BCUT2D eigenvalue weighted by molar-refractivity contribution is 5.20. The Morgan fingerprint density at radius 2 is 1.81 bits per heavy atom. The zero-order valence-electron chi connectivity index (χ0n) is 10.2. The van der Waals surface area contributed by atoms with Crippen LogP contribution in [0, 0.1) is 11.3 Å². The van der Waals surface area contributed by atoms with Gasteiger partial charge in [-0.3, -0.25) is 0 Å². The van der Waals surface area contributed by atoms with Gasteiger partial charge in [0, 0.05) is 5.92 Å². The number of hydrogen-bond donors (Lipinski definition) is 1. The van der Waals surface area contributed by atoms with Gasteiger partial charge in [-0.05, 0) is 11.0 Å². The third-order valence-electron chi connectivity index (χ3n) is 3.42. The maximum atomic E-state index is 10.3. The van der Waals surface area contributed by atoms with E-state index >= 15 is 0 Å². The zero-order valence-corrected chi connectivity index (χ0v) is 10.2. The van der Waals surface area contributed by atoms with Gasteiger partial charge in [0.25, 0.3) is 0 Å². The van der Waals surface area contributed by atoms with Crippen LogP contribution in [0.15, 0.2) is 30.3 Å². The highest BCUT2D eigenvalue weighted by Gasteiger charge is 2.42. The molecule has 1 saturated heterocycles. The van der Waals surface area contributed by atoms with Gasteiger partial charge >= 0.3 is 0 Å². The molecule has 0 aliphatic carbocycles. The topological polar surface area (TPSA) is 29.5 Å². The van der Waals surface area contributed by atoms with Crippen molar-refractivity contribution in [2.45, 2.75) is 33.0 Å². The van der Waals surface area contributed by atoms with Crippen LogP contribution in [-0.2, 0) is 4.74 Å². The lowest BCUT2D eigenvalue weighted by molar-refractivity contribution is 0.0295. The van der Waals surface area contributed by atoms with Crippen molar-refractivity contribution in [1.29, 1.82) is 0 Å². The first-order valence-corrected chi connectivity index (χ1v) is 5.85. The van der Waals surface area contributed by atoms with Gasteiger partial charge in [-0.1, -0.05) is 51.1 Å². The predicted molar refractivity (Wildman–Crippen MR) is 64.1 cm³/mol. The molecule has 3 atom stereocenters. The van der Waals surface area contributed by atoms with Crippen LogP contribution in [0.3, 0.4) is 0 Å². The summed E-state index contributed by atoms with van der Waals surface area (Å²) in [6.07, 6.45) is -0.562. The number of hydrogen-bond acceptors (Lipinski definition) is 2. The molecule has 0 unspecified atom stereocenters. The fourth-order valence-corrected chi connectivity index (χ4v) is 2.31. The summed E-state index contributed by atoms with van der Waals surface area (Å²) in [6, 6.07) is 9.97. The number of ether oxygens (including phenoxy) is 1. The Balaban J connectivity index is 2.17. The van der Waals surface area contributed by atoms with Gasteiger partial charge in [-0.2, -0.15) is 0 Å². The van der Waals surface area contributed by atoms with Crippen molar-refractivity contribution in [1.82, 2.24) is 0 Å². The van der Waals surface area contributed by atoms with Crippen LogP contribution in [-0.4, -0.2) is 17.8 Å². The second-order valence-electron chi connectivity index (χ2n) is 5.63. The van der Waals surface area contributed by atoms with E-state index in [1.165, 1.54) is 0 Å². The normalized spacial score (nSPS) is 30.6. The monoisotopic (exact) mass is 220 g/mol. The molecule has 0 radical (unpaired) electrons. The molecule has 2 heteroatoms. The Kier molecular flexibility index (Phi) is 3.04. The summed E-state index contributed by atoms with van der Waals surface area (Å²) < 4.78 is 5.74. The SMILES string of the molecule is CC(C)(C)[C@@H]1CO[C@@H](c2ccccc2)[C@@H]1O. The molecule has 0 amide bonds. The Morgan fingerprint density at radius 3 is 2.31 bits per heavy atom. The third-order valence-corrected chi connectivity index (χ3v) is 3.42. The molecule has 2 nitrogen and oxygen atoms in total. The van der Waals surface area contributed by atoms with Gasteiger partial charge in [-0.25, -0.2) is 0 Å². The number of aliphatic hydroxyl groups excluding tert-OH is 1. The van der Waals surface area contributed by atoms with Gasteiger partial charge in [0.15, 0.2) is 0 Å². The number of benzene rings is 1. The molecular weight excluding hydrogens is 200 g/mol. The van der Waals surface area contributed by atoms with Gasteiger partial charge in [-0.15, -0.1) is 0 Å². The van der Waals surface area contributed by atoms with E-state index in [2.05, 4.69) is 20.8 Å². The average molecular weight is 220 g/mol. The lowest BCUT2D eigenvalue weighted by Crippen LogP contribution is -2.31. The molecule has 0 spiro atoms. The zero-order chi connectivity index (χ0) is 11.8. The Labute approximate surface area is 97.3 Å². The third kappa shape index (κ3) is 2.13. The fraction of sp³-hybridized carbons (Fsp3) is 0.571. The van der Waals surface area contributed by atoms with E-state index in [-0.39, 0.29) is 17.4 Å². The van der Waals surface area contributed by atoms with E-state index in [9.17, 15) is 5.11 Å². The quantitative estimate of drug-likeness (QED) is 0.788. The molecule has 1 aliphatic rings. The van der Waals surface area contributed by atoms with Crippen molar-refractivity contribution in [2.24, 2.45) is 11.3 Å². The molecular formula is C14H20O2. The van der Waals surface area contributed by atoms with E-state index in [1.54, 1.807) is 0 Å². The lowest BCUT2D eigenvalue weighted by atomic mass is 9.77. The van der Waals surface area contributed by atoms with Crippen molar-refractivity contribution < 1.29 is 9.84 Å². The van der Waals surface area contributed by atoms with Gasteiger partial charge < -0.3 is 9.84 Å². The first-order valence-electron chi connectivity index (χ1n) is 5.85. The second-order valence-corrected chi connectivity index (χ2v) is 5.63. The van der Waals surface area contributed by atoms with Gasteiger partial charge in [0.1, 0.15) is 6.10 Å². The van der Waals surface area contributed by atoms with Crippen LogP contribution >= 0.6 is 0 Å². The summed E-state index contributed by atoms with van der Waals surface area (Å²) in [5, 5.41) is 10.3. The molecule has 1 fully saturated rings. The molecule has 88 valence electrons. The summed E-state index contributed by atoms with van der Waals surface area (Å²) in [5.74, 6) is 0.206. The van der Waals surface area contributed by atoms with E-state index in [0.29, 0.717) is 6.61 Å². The largest absolute Gasteiger partial charge is 0.390 e. The van der Waals surface area contributed by atoms with Crippen LogP contribution in [0.2, 0.25) is 0 Å². The van der Waals surface area contributed by atoms with Crippen LogP contribution in [0.4, 0.5) is 0 Å². The minimum absolute atomic E-state index is 0.0863. The van der Waals surface area contributed by atoms with E-state index in [4.69, 9.17) is 4.74 Å². The summed E-state index contributed by atoms with van der Waals surface area (Å²) >= 11 is 0. The van der Waals surface area contributed by atoms with E-state index in [1.807, 2.05) is 30.3 Å². The molecule has 16 heavy (non-hydrogen) atoms. The molecule has 1 aliphatic heterocycles. The van der Waals surface area contributed by atoms with Crippen molar-refractivity contribution in [2.75, 3.05) is 6.61 Å². The van der Waals surface area contributed by atoms with Gasteiger partial charge in [0.05, 0.1) is 12.7 Å². The van der Waals surface area contributed by atoms with Crippen LogP contribution in [0.5, 0.6) is 0 Å². The fourth-order valence-electron chi connectivity index (χ4n) is 2.31. The van der Waals surface area contributed by atoms with Crippen LogP contribution in [0.1, 0.15) is 32.4 Å². The van der Waals surface area contributed by atoms with Gasteiger partial charge in [0.2, 0.25) is 0 Å². The standard InChI is InChI=1S/C14H20O2/c1-14(2,3)11-9-16-13(12(11)15)10-7-5-4-6-8-10/h4-8,11-13,15H,9H2,1-3H3/t11-,12-,13+/m1/s1. The first-order chi connectivity index (χ1) is 7.50. The number of aliphatic hydroxyl groups is 1. The minimum Gasteiger partial charge on any atom is -0.390 e. The average Bonchev–Trinajstić information content (AvgIpc) is 2.61. The Hall–Kier alpha value is -0.860. The minimum atomic E-state index is -0.401. The molecule has 0 bridgehead atoms. The Bertz CT molecular complexity index is 340. The maximum absolute atomic E-state index is 10.3. The predicted octanol–water partition coefficient (Wildman–Crippen LogP) is 2.78. The van der Waals surface area contributed by atoms with Crippen molar-refractivity contribution in [3.8, 4) is 0 Å². The highest BCUT2D eigenvalue weighted by Crippen LogP contribution is 2.41.